The summed E-state index contributed by atoms with van der Waals surface area (Å²) in [6.07, 6.45) is 1.64. The van der Waals surface area contributed by atoms with E-state index in [1.165, 1.54) is 12.1 Å². The summed E-state index contributed by atoms with van der Waals surface area (Å²) in [7, 11) is 0. The minimum absolute atomic E-state index is 0.0763. The topological polar surface area (TPSA) is 73.1 Å². The van der Waals surface area contributed by atoms with E-state index in [0.29, 0.717) is 22.4 Å². The molecule has 0 unspecified atom stereocenters. The van der Waals surface area contributed by atoms with Gasteiger partial charge in [0.05, 0.1) is 16.2 Å². The van der Waals surface area contributed by atoms with Crippen molar-refractivity contribution >= 4 is 11.5 Å². The van der Waals surface area contributed by atoms with Gasteiger partial charge < -0.3 is 0 Å². The quantitative estimate of drug-likeness (QED) is 0.484. The fraction of sp³-hybridized carbons (Fsp3) is 0.0769. The second kappa shape index (κ2) is 3.46. The van der Waals surface area contributed by atoms with Crippen molar-refractivity contribution in [3.63, 3.8) is 0 Å². The van der Waals surface area contributed by atoms with Gasteiger partial charge in [-0.15, -0.1) is 0 Å². The van der Waals surface area contributed by atoms with Crippen molar-refractivity contribution in [1.82, 2.24) is 4.98 Å². The highest BCUT2D eigenvalue weighted by Gasteiger charge is 2.30. The highest BCUT2D eigenvalue weighted by atomic mass is 16.6. The minimum Gasteiger partial charge on any atom is -0.288 e. The third-order valence-corrected chi connectivity index (χ3v) is 3.10. The normalized spacial score (nSPS) is 12.2. The number of nitro benzene ring substituents is 1. The number of carbonyl (C=O) groups is 1. The molecule has 5 heteroatoms. The van der Waals surface area contributed by atoms with Crippen LogP contribution in [0.2, 0.25) is 0 Å². The minimum atomic E-state index is -0.503. The van der Waals surface area contributed by atoms with E-state index < -0.39 is 4.92 Å². The first-order valence-electron chi connectivity index (χ1n) is 5.38. The molecular weight excluding hydrogens is 232 g/mol. The largest absolute Gasteiger partial charge is 0.288 e. The number of aryl methyl sites for hydroxylation is 1. The highest BCUT2D eigenvalue weighted by molar-refractivity contribution is 6.21. The molecule has 1 aromatic carbocycles. The first-order chi connectivity index (χ1) is 8.59. The second-order valence-electron chi connectivity index (χ2n) is 4.17. The summed E-state index contributed by atoms with van der Waals surface area (Å²) in [5, 5.41) is 10.7. The Labute approximate surface area is 102 Å². The molecule has 0 amide bonds. The van der Waals surface area contributed by atoms with Crippen molar-refractivity contribution in [2.24, 2.45) is 0 Å². The van der Waals surface area contributed by atoms with Gasteiger partial charge in [0, 0.05) is 29.5 Å². The van der Waals surface area contributed by atoms with Gasteiger partial charge >= 0.3 is 0 Å². The average molecular weight is 240 g/mol. The number of nitro groups is 1. The van der Waals surface area contributed by atoms with E-state index in [-0.39, 0.29) is 11.5 Å². The van der Waals surface area contributed by atoms with Crippen LogP contribution in [0.4, 0.5) is 5.69 Å². The van der Waals surface area contributed by atoms with Crippen LogP contribution in [-0.2, 0) is 0 Å². The molecule has 18 heavy (non-hydrogen) atoms. The van der Waals surface area contributed by atoms with Gasteiger partial charge in [0.15, 0.2) is 5.78 Å². The highest BCUT2D eigenvalue weighted by Crippen LogP contribution is 2.37. The molecule has 0 spiro atoms. The summed E-state index contributed by atoms with van der Waals surface area (Å²) >= 11 is 0. The molecule has 0 bridgehead atoms. The van der Waals surface area contributed by atoms with E-state index in [0.717, 1.165) is 5.56 Å². The van der Waals surface area contributed by atoms with Crippen molar-refractivity contribution in [2.45, 2.75) is 6.92 Å². The molecule has 88 valence electrons. The Morgan fingerprint density at radius 2 is 2.00 bits per heavy atom. The molecule has 3 rings (SSSR count). The number of carbonyl (C=O) groups excluding carboxylic acids is 1. The van der Waals surface area contributed by atoms with Crippen LogP contribution in [0.1, 0.15) is 21.5 Å². The molecule has 0 radical (unpaired) electrons. The number of fused-ring (bicyclic) bond motifs is 3. The summed E-state index contributed by atoms with van der Waals surface area (Å²) < 4.78 is 0. The first kappa shape index (κ1) is 10.6. The fourth-order valence-corrected chi connectivity index (χ4v) is 2.22. The first-order valence-corrected chi connectivity index (χ1v) is 5.38. The van der Waals surface area contributed by atoms with E-state index in [1.54, 1.807) is 18.3 Å². The maximum absolute atomic E-state index is 12.2. The lowest BCUT2D eigenvalue weighted by atomic mass is 10.1. The van der Waals surface area contributed by atoms with Crippen molar-refractivity contribution in [3.05, 3.63) is 57.3 Å². The number of hydrogen-bond donors (Lipinski definition) is 0. The lowest BCUT2D eigenvalue weighted by Gasteiger charge is -2.00. The van der Waals surface area contributed by atoms with Crippen LogP contribution in [0.3, 0.4) is 0 Å². The Hall–Kier alpha value is -2.56. The molecule has 0 fully saturated rings. The molecular formula is C13H8N2O3. The molecule has 0 saturated carbocycles. The summed E-state index contributed by atoms with van der Waals surface area (Å²) in [4.78, 5) is 26.6. The zero-order valence-electron chi connectivity index (χ0n) is 9.51. The van der Waals surface area contributed by atoms with Crippen molar-refractivity contribution in [2.75, 3.05) is 0 Å². The van der Waals surface area contributed by atoms with Crippen LogP contribution in [0, 0.1) is 17.0 Å². The van der Waals surface area contributed by atoms with Gasteiger partial charge in [-0.2, -0.15) is 0 Å². The number of ketones is 1. The van der Waals surface area contributed by atoms with E-state index in [2.05, 4.69) is 4.98 Å². The predicted octanol–water partition coefficient (Wildman–Crippen LogP) is 2.51. The maximum Gasteiger partial charge on any atom is 0.270 e. The molecule has 5 nitrogen and oxygen atoms in total. The summed E-state index contributed by atoms with van der Waals surface area (Å²) in [6.45, 7) is 1.83. The Bertz CT molecular complexity index is 707. The monoisotopic (exact) mass is 240 g/mol. The Balaban J connectivity index is 2.30. The average Bonchev–Trinajstić information content (AvgIpc) is 2.64. The third kappa shape index (κ3) is 1.27. The van der Waals surface area contributed by atoms with Crippen molar-refractivity contribution in [3.8, 4) is 11.3 Å². The van der Waals surface area contributed by atoms with E-state index in [9.17, 15) is 14.9 Å². The smallest absolute Gasteiger partial charge is 0.270 e. The van der Waals surface area contributed by atoms with Crippen LogP contribution in [-0.4, -0.2) is 15.7 Å². The van der Waals surface area contributed by atoms with E-state index in [4.69, 9.17) is 0 Å². The Morgan fingerprint density at radius 1 is 1.22 bits per heavy atom. The number of pyridine rings is 1. The molecule has 1 aliphatic rings. The zero-order valence-corrected chi connectivity index (χ0v) is 9.51. The van der Waals surface area contributed by atoms with Crippen LogP contribution in [0.25, 0.3) is 11.3 Å². The van der Waals surface area contributed by atoms with Crippen LogP contribution < -0.4 is 0 Å². The number of rotatable bonds is 1. The third-order valence-electron chi connectivity index (χ3n) is 3.10. The van der Waals surface area contributed by atoms with Crippen LogP contribution in [0.5, 0.6) is 0 Å². The molecule has 0 atom stereocenters. The zero-order chi connectivity index (χ0) is 12.9. The molecule has 1 aliphatic carbocycles. The SMILES string of the molecule is Cc1ccnc2c1C(=O)c1cc([N+](=O)[O-])ccc1-2. The summed E-state index contributed by atoms with van der Waals surface area (Å²) in [5.41, 5.74) is 2.96. The van der Waals surface area contributed by atoms with Crippen molar-refractivity contribution < 1.29 is 9.72 Å². The molecule has 0 N–H and O–H groups in total. The van der Waals surface area contributed by atoms with Gasteiger partial charge in [-0.3, -0.25) is 19.9 Å². The lowest BCUT2D eigenvalue weighted by molar-refractivity contribution is -0.384. The van der Waals surface area contributed by atoms with Gasteiger partial charge in [0.2, 0.25) is 0 Å². The molecule has 0 saturated heterocycles. The van der Waals surface area contributed by atoms with E-state index in [1.807, 2.05) is 6.92 Å². The number of nitrogens with zero attached hydrogens (tertiary/aromatic N) is 2. The number of hydrogen-bond acceptors (Lipinski definition) is 4. The molecule has 1 heterocycles. The number of non-ortho nitro benzene ring substituents is 1. The lowest BCUT2D eigenvalue weighted by Crippen LogP contribution is -1.99. The van der Waals surface area contributed by atoms with Gasteiger partial charge in [-0.25, -0.2) is 0 Å². The molecule has 2 aromatic rings. The Morgan fingerprint density at radius 3 is 2.72 bits per heavy atom. The standard InChI is InChI=1S/C13H8N2O3/c1-7-4-5-14-12-9-3-2-8(15(17)18)6-10(9)13(16)11(7)12/h2-6H,1H3. The van der Waals surface area contributed by atoms with Crippen molar-refractivity contribution in [1.29, 1.82) is 0 Å². The summed E-state index contributed by atoms with van der Waals surface area (Å²) in [5.74, 6) is -0.186. The van der Waals surface area contributed by atoms with Gasteiger partial charge in [-0.05, 0) is 24.6 Å². The van der Waals surface area contributed by atoms with Crippen LogP contribution in [0.15, 0.2) is 30.5 Å². The van der Waals surface area contributed by atoms with E-state index >= 15 is 0 Å². The van der Waals surface area contributed by atoms with Gasteiger partial charge in [-0.1, -0.05) is 0 Å². The van der Waals surface area contributed by atoms with Gasteiger partial charge in [0.25, 0.3) is 5.69 Å². The number of aromatic nitrogens is 1. The molecule has 0 aliphatic heterocycles. The second-order valence-corrected chi connectivity index (χ2v) is 4.17. The summed E-state index contributed by atoms with van der Waals surface area (Å²) in [6, 6.07) is 6.06. The van der Waals surface area contributed by atoms with Crippen LogP contribution >= 0.6 is 0 Å². The number of benzene rings is 1. The Kier molecular flexibility index (Phi) is 2.04. The van der Waals surface area contributed by atoms with Gasteiger partial charge in [0.1, 0.15) is 0 Å². The fourth-order valence-electron chi connectivity index (χ4n) is 2.22. The predicted molar refractivity (Wildman–Crippen MR) is 64.5 cm³/mol. The molecule has 1 aromatic heterocycles. The maximum atomic E-state index is 12.2.